The Morgan fingerprint density at radius 3 is 2.48 bits per heavy atom. The lowest BCUT2D eigenvalue weighted by atomic mass is 10.1. The number of fused-ring (bicyclic) bond motifs is 1. The van der Waals surface area contributed by atoms with Crippen molar-refractivity contribution in [1.29, 1.82) is 0 Å². The van der Waals surface area contributed by atoms with Gasteiger partial charge in [0.25, 0.3) is 0 Å². The molecule has 1 fully saturated rings. The van der Waals surface area contributed by atoms with Gasteiger partial charge in [-0.3, -0.25) is 9.82 Å². The third-order valence-corrected chi connectivity index (χ3v) is 6.15. The van der Waals surface area contributed by atoms with E-state index in [0.29, 0.717) is 5.69 Å². The predicted molar refractivity (Wildman–Crippen MR) is 133 cm³/mol. The first kappa shape index (κ1) is 22.5. The second kappa shape index (κ2) is 9.07. The molecule has 1 aliphatic heterocycles. The third kappa shape index (κ3) is 4.90. The number of nitrogens with zero attached hydrogens (tertiary/aromatic N) is 5. The zero-order valence-corrected chi connectivity index (χ0v) is 18.4. The first-order valence-electron chi connectivity index (χ1n) is 10.3. The van der Waals surface area contributed by atoms with Gasteiger partial charge in [0.1, 0.15) is 12.1 Å². The molecule has 4 aromatic rings. The van der Waals surface area contributed by atoms with Crippen LogP contribution >= 0.6 is 0 Å². The Hall–Kier alpha value is -3.66. The normalized spacial score (nSPS) is 14.2. The highest BCUT2D eigenvalue weighted by atomic mass is 32.2. The lowest BCUT2D eigenvalue weighted by Crippen LogP contribution is -2.47. The molecule has 2 aromatic heterocycles. The first-order chi connectivity index (χ1) is 15.5. The molecule has 3 heterocycles. The number of hydrogen-bond donors (Lipinski definition) is 2. The van der Waals surface area contributed by atoms with Crippen molar-refractivity contribution in [1.82, 2.24) is 20.2 Å². The van der Waals surface area contributed by atoms with Crippen LogP contribution < -0.4 is 14.5 Å². The Balaban J connectivity index is 0.00000259. The minimum Gasteiger partial charge on any atom is -0.368 e. The molecule has 2 aromatic carbocycles. The van der Waals surface area contributed by atoms with Crippen molar-refractivity contribution in [3.63, 3.8) is 0 Å². The van der Waals surface area contributed by atoms with Crippen molar-refractivity contribution in [2.45, 2.75) is 7.43 Å². The van der Waals surface area contributed by atoms with Gasteiger partial charge in [-0.15, -0.1) is 0 Å². The lowest BCUT2D eigenvalue weighted by molar-refractivity contribution is 0.607. The van der Waals surface area contributed by atoms with E-state index in [1.54, 1.807) is 18.6 Å². The zero-order chi connectivity index (χ0) is 22.1. The smallest absolute Gasteiger partial charge is 0.229 e. The highest BCUT2D eigenvalue weighted by Gasteiger charge is 2.21. The van der Waals surface area contributed by atoms with Gasteiger partial charge in [0.15, 0.2) is 0 Å². The van der Waals surface area contributed by atoms with Gasteiger partial charge in [0, 0.05) is 49.0 Å². The molecule has 1 saturated heterocycles. The highest BCUT2D eigenvalue weighted by Crippen LogP contribution is 2.30. The van der Waals surface area contributed by atoms with Crippen molar-refractivity contribution < 1.29 is 8.42 Å². The summed E-state index contributed by atoms with van der Waals surface area (Å²) in [7, 11) is -3.31. The van der Waals surface area contributed by atoms with E-state index in [4.69, 9.17) is 0 Å². The highest BCUT2D eigenvalue weighted by molar-refractivity contribution is 7.92. The summed E-state index contributed by atoms with van der Waals surface area (Å²) in [5.74, 6) is 0.924. The van der Waals surface area contributed by atoms with Crippen LogP contribution in [0.5, 0.6) is 0 Å². The molecule has 0 bridgehead atoms. The van der Waals surface area contributed by atoms with Crippen molar-refractivity contribution >= 4 is 38.1 Å². The molecule has 5 rings (SSSR count). The van der Waals surface area contributed by atoms with Gasteiger partial charge in [-0.25, -0.2) is 18.4 Å². The molecule has 0 saturated carbocycles. The summed E-state index contributed by atoms with van der Waals surface area (Å²) < 4.78 is 25.6. The first-order valence-corrected chi connectivity index (χ1v) is 12.2. The average Bonchev–Trinajstić information content (AvgIpc) is 3.33. The molecule has 1 aliphatic rings. The van der Waals surface area contributed by atoms with Crippen LogP contribution in [-0.4, -0.2) is 61.0 Å². The van der Waals surface area contributed by atoms with Crippen LogP contribution in [0.1, 0.15) is 7.43 Å². The Kier molecular flexibility index (Phi) is 6.19. The predicted octanol–water partition coefficient (Wildman–Crippen LogP) is 3.35. The number of aromatic amines is 1. The van der Waals surface area contributed by atoms with Crippen molar-refractivity contribution in [3.05, 3.63) is 61.2 Å². The maximum Gasteiger partial charge on any atom is 0.229 e. The maximum atomic E-state index is 11.5. The summed E-state index contributed by atoms with van der Waals surface area (Å²) in [5.41, 5.74) is 4.56. The zero-order valence-electron chi connectivity index (χ0n) is 17.6. The van der Waals surface area contributed by atoms with Gasteiger partial charge in [-0.2, -0.15) is 5.10 Å². The fourth-order valence-corrected chi connectivity index (χ4v) is 4.60. The molecule has 0 radical (unpaired) electrons. The number of hydrogen-bond acceptors (Lipinski definition) is 7. The van der Waals surface area contributed by atoms with Gasteiger partial charge in [-0.1, -0.05) is 19.6 Å². The second-order valence-electron chi connectivity index (χ2n) is 7.81. The fraction of sp³-hybridized carbons (Fsp3) is 0.261. The van der Waals surface area contributed by atoms with Crippen LogP contribution in [0.25, 0.3) is 22.0 Å². The topological polar surface area (TPSA) is 107 Å². The molecule has 0 spiro atoms. The van der Waals surface area contributed by atoms with Gasteiger partial charge in [0.05, 0.1) is 23.7 Å². The van der Waals surface area contributed by atoms with E-state index in [1.165, 1.54) is 0 Å². The van der Waals surface area contributed by atoms with Crippen LogP contribution in [0.2, 0.25) is 0 Å². The summed E-state index contributed by atoms with van der Waals surface area (Å²) >= 11 is 0. The fourth-order valence-electron chi connectivity index (χ4n) is 4.04. The summed E-state index contributed by atoms with van der Waals surface area (Å²) in [4.78, 5) is 13.6. The number of anilines is 3. The number of aromatic nitrogens is 4. The number of piperazine rings is 1. The van der Waals surface area contributed by atoms with Gasteiger partial charge < -0.3 is 9.80 Å². The van der Waals surface area contributed by atoms with E-state index in [9.17, 15) is 8.42 Å². The maximum absolute atomic E-state index is 11.5. The van der Waals surface area contributed by atoms with E-state index >= 15 is 0 Å². The number of benzene rings is 2. The number of nitrogens with one attached hydrogen (secondary N) is 2. The van der Waals surface area contributed by atoms with Crippen LogP contribution in [0, 0.1) is 0 Å². The van der Waals surface area contributed by atoms with Gasteiger partial charge >= 0.3 is 0 Å². The van der Waals surface area contributed by atoms with E-state index in [1.807, 2.05) is 36.5 Å². The molecular formula is C23H27N7O2S. The molecule has 172 valence electrons. The monoisotopic (exact) mass is 465 g/mol. The molecule has 2 N–H and O–H groups in total. The second-order valence-corrected chi connectivity index (χ2v) is 9.56. The molecule has 9 nitrogen and oxygen atoms in total. The van der Waals surface area contributed by atoms with Crippen LogP contribution in [0.3, 0.4) is 0 Å². The third-order valence-electron chi connectivity index (χ3n) is 5.54. The Morgan fingerprint density at radius 1 is 0.970 bits per heavy atom. The largest absolute Gasteiger partial charge is 0.368 e. The summed E-state index contributed by atoms with van der Waals surface area (Å²) in [6, 6.07) is 13.7. The average molecular weight is 466 g/mol. The van der Waals surface area contributed by atoms with Crippen molar-refractivity contribution in [3.8, 4) is 11.1 Å². The van der Waals surface area contributed by atoms with Crippen LogP contribution in [0.15, 0.2) is 61.2 Å². The summed E-state index contributed by atoms with van der Waals surface area (Å²) in [6.45, 7) is 3.20. The van der Waals surface area contributed by atoms with E-state index in [-0.39, 0.29) is 7.43 Å². The molecule has 0 atom stereocenters. The Labute approximate surface area is 193 Å². The lowest BCUT2D eigenvalue weighted by Gasteiger charge is -2.37. The quantitative estimate of drug-likeness (QED) is 0.465. The number of rotatable bonds is 5. The molecule has 0 aliphatic carbocycles. The van der Waals surface area contributed by atoms with E-state index in [2.05, 4.69) is 40.8 Å². The van der Waals surface area contributed by atoms with E-state index in [0.717, 1.165) is 66.0 Å². The number of sulfonamides is 1. The van der Waals surface area contributed by atoms with Crippen molar-refractivity contribution in [2.75, 3.05) is 47.0 Å². The Morgan fingerprint density at radius 2 is 1.76 bits per heavy atom. The minimum absolute atomic E-state index is 0. The summed E-state index contributed by atoms with van der Waals surface area (Å²) in [6.07, 6.45) is 6.44. The molecule has 33 heavy (non-hydrogen) atoms. The van der Waals surface area contributed by atoms with Gasteiger partial charge in [0.2, 0.25) is 10.0 Å². The minimum atomic E-state index is -3.31. The van der Waals surface area contributed by atoms with E-state index < -0.39 is 10.0 Å². The summed E-state index contributed by atoms with van der Waals surface area (Å²) in [5, 5.41) is 7.91. The van der Waals surface area contributed by atoms with Crippen LogP contribution in [-0.2, 0) is 10.0 Å². The van der Waals surface area contributed by atoms with Crippen molar-refractivity contribution in [2.24, 2.45) is 0 Å². The van der Waals surface area contributed by atoms with Gasteiger partial charge in [-0.05, 0) is 35.9 Å². The SMILES string of the molecule is C.CS(=O)(=O)Nc1cccc(N2CCN(c3ncnc4ccc(-c5cn[nH]c5)cc34)CC2)c1. The Bertz CT molecular complexity index is 1350. The van der Waals surface area contributed by atoms with Crippen LogP contribution in [0.4, 0.5) is 17.2 Å². The molecule has 0 unspecified atom stereocenters. The molecular weight excluding hydrogens is 438 g/mol. The molecule has 10 heteroatoms. The number of H-pyrrole nitrogens is 1. The standard InChI is InChI=1S/C22H23N7O2S.CH4/c1-32(30,31)27-18-3-2-4-19(12-18)28-7-9-29(10-8-28)22-20-11-16(17-13-25-26-14-17)5-6-21(20)23-15-24-22;/h2-6,11-15,27H,7-10H2,1H3,(H,25,26);1H4. The molecule has 0 amide bonds.